The summed E-state index contributed by atoms with van der Waals surface area (Å²) >= 11 is 0. The molecule has 1 aliphatic heterocycles. The summed E-state index contributed by atoms with van der Waals surface area (Å²) in [6.07, 6.45) is 3.15. The molecule has 1 heterocycles. The van der Waals surface area contributed by atoms with Gasteiger partial charge in [0, 0.05) is 18.7 Å². The molecule has 1 aliphatic rings. The lowest BCUT2D eigenvalue weighted by Crippen LogP contribution is -2.38. The molecule has 1 amide bonds. The number of likely N-dealkylation sites (tertiary alicyclic amines) is 1. The van der Waals surface area contributed by atoms with Crippen molar-refractivity contribution in [3.05, 3.63) is 65.0 Å². The molecule has 37 heavy (non-hydrogen) atoms. The zero-order valence-electron chi connectivity index (χ0n) is 22.1. The van der Waals surface area contributed by atoms with Gasteiger partial charge in [-0.15, -0.1) is 0 Å². The standard InChI is InChI=1S/C29H37FN2O5/c1-5-8-9-18-37-22-13-10-20(11-14-22)26-25(27(33)21-12-15-24(36-4)23(30)19-21)28(34)29(35)32(26)17-16-31(6-2)7-3/h10-15,19,26,33H,5-9,16-18H2,1-4H3/t26-/m0/s1. The number of amides is 1. The Morgan fingerprint density at radius 2 is 1.76 bits per heavy atom. The van der Waals surface area contributed by atoms with E-state index in [4.69, 9.17) is 9.47 Å². The van der Waals surface area contributed by atoms with Crippen molar-refractivity contribution in [2.75, 3.05) is 39.9 Å². The third-order valence-corrected chi connectivity index (χ3v) is 6.73. The summed E-state index contributed by atoms with van der Waals surface area (Å²) in [6.45, 7) is 9.30. The number of aliphatic hydroxyl groups excluding tert-OH is 1. The normalized spacial score (nSPS) is 17.0. The van der Waals surface area contributed by atoms with Crippen LogP contribution in [0.5, 0.6) is 11.5 Å². The number of likely N-dealkylation sites (N-methyl/N-ethyl adjacent to an activating group) is 1. The molecule has 0 spiro atoms. The number of Topliss-reactive ketones (excluding diaryl/α,β-unsaturated/α-hetero) is 1. The molecule has 0 unspecified atom stereocenters. The van der Waals surface area contributed by atoms with Gasteiger partial charge in [-0.05, 0) is 55.4 Å². The summed E-state index contributed by atoms with van der Waals surface area (Å²) < 4.78 is 25.2. The summed E-state index contributed by atoms with van der Waals surface area (Å²) in [5.41, 5.74) is 0.696. The molecule has 2 aromatic carbocycles. The molecule has 0 radical (unpaired) electrons. The largest absolute Gasteiger partial charge is 0.507 e. The summed E-state index contributed by atoms with van der Waals surface area (Å²) in [5, 5.41) is 11.2. The van der Waals surface area contributed by atoms with Crippen molar-refractivity contribution in [3.63, 3.8) is 0 Å². The van der Waals surface area contributed by atoms with Crippen LogP contribution in [0.4, 0.5) is 4.39 Å². The Balaban J connectivity index is 2.01. The first kappa shape index (κ1) is 28.2. The molecular formula is C29H37FN2O5. The Kier molecular flexibility index (Phi) is 10.1. The zero-order chi connectivity index (χ0) is 26.9. The first-order valence-corrected chi connectivity index (χ1v) is 12.9. The van der Waals surface area contributed by atoms with Crippen molar-refractivity contribution in [3.8, 4) is 11.5 Å². The van der Waals surface area contributed by atoms with Crippen LogP contribution >= 0.6 is 0 Å². The summed E-state index contributed by atoms with van der Waals surface area (Å²) in [7, 11) is 1.34. The van der Waals surface area contributed by atoms with Crippen LogP contribution in [0, 0.1) is 5.82 Å². The summed E-state index contributed by atoms with van der Waals surface area (Å²) in [5.74, 6) is -1.87. The van der Waals surface area contributed by atoms with Gasteiger partial charge < -0.3 is 24.4 Å². The molecule has 1 fully saturated rings. The first-order valence-electron chi connectivity index (χ1n) is 12.9. The molecule has 7 nitrogen and oxygen atoms in total. The van der Waals surface area contributed by atoms with E-state index >= 15 is 0 Å². The molecule has 1 atom stereocenters. The maximum Gasteiger partial charge on any atom is 0.295 e. The van der Waals surface area contributed by atoms with Crippen LogP contribution in [0.3, 0.4) is 0 Å². The monoisotopic (exact) mass is 512 g/mol. The van der Waals surface area contributed by atoms with Gasteiger partial charge in [-0.2, -0.15) is 0 Å². The van der Waals surface area contributed by atoms with Gasteiger partial charge in [0.1, 0.15) is 11.5 Å². The average Bonchev–Trinajstić information content (AvgIpc) is 3.16. The lowest BCUT2D eigenvalue weighted by Gasteiger charge is -2.28. The van der Waals surface area contributed by atoms with Crippen LogP contribution in [-0.4, -0.2) is 66.5 Å². The van der Waals surface area contributed by atoms with Gasteiger partial charge >= 0.3 is 0 Å². The number of aliphatic hydroxyl groups is 1. The lowest BCUT2D eigenvalue weighted by atomic mass is 9.95. The predicted molar refractivity (Wildman–Crippen MR) is 141 cm³/mol. The van der Waals surface area contributed by atoms with E-state index in [-0.39, 0.29) is 16.9 Å². The highest BCUT2D eigenvalue weighted by atomic mass is 19.1. The number of unbranched alkanes of at least 4 members (excludes halogenated alkanes) is 2. The Hall–Kier alpha value is -3.39. The topological polar surface area (TPSA) is 79.3 Å². The third kappa shape index (κ3) is 6.49. The van der Waals surface area contributed by atoms with Crippen LogP contribution in [0.2, 0.25) is 0 Å². The van der Waals surface area contributed by atoms with Gasteiger partial charge in [0.15, 0.2) is 11.6 Å². The number of hydrogen-bond donors (Lipinski definition) is 1. The minimum Gasteiger partial charge on any atom is -0.507 e. The molecule has 1 N–H and O–H groups in total. The Morgan fingerprint density at radius 1 is 1.05 bits per heavy atom. The maximum atomic E-state index is 14.4. The number of nitrogens with zero attached hydrogens (tertiary/aromatic N) is 2. The fourth-order valence-electron chi connectivity index (χ4n) is 4.50. The Morgan fingerprint density at radius 3 is 2.35 bits per heavy atom. The van der Waals surface area contributed by atoms with Crippen LogP contribution in [0.1, 0.15) is 57.2 Å². The molecule has 1 saturated heterocycles. The number of ether oxygens (including phenoxy) is 2. The Bertz CT molecular complexity index is 1110. The molecule has 0 saturated carbocycles. The fraction of sp³-hybridized carbons (Fsp3) is 0.448. The van der Waals surface area contributed by atoms with Crippen LogP contribution < -0.4 is 9.47 Å². The van der Waals surface area contributed by atoms with E-state index < -0.39 is 29.3 Å². The second-order valence-corrected chi connectivity index (χ2v) is 8.99. The minimum absolute atomic E-state index is 0.0160. The molecular weight excluding hydrogens is 475 g/mol. The smallest absolute Gasteiger partial charge is 0.295 e. The van der Waals surface area contributed by atoms with Crippen molar-refractivity contribution in [2.45, 2.75) is 46.1 Å². The van der Waals surface area contributed by atoms with E-state index in [1.807, 2.05) is 13.8 Å². The number of carbonyl (C=O) groups excluding carboxylic acids is 2. The quantitative estimate of drug-likeness (QED) is 0.173. The number of ketones is 1. The van der Waals surface area contributed by atoms with Crippen molar-refractivity contribution < 1.29 is 28.6 Å². The van der Waals surface area contributed by atoms with E-state index in [9.17, 15) is 19.1 Å². The number of benzene rings is 2. The molecule has 200 valence electrons. The van der Waals surface area contributed by atoms with Crippen LogP contribution in [-0.2, 0) is 9.59 Å². The van der Waals surface area contributed by atoms with Crippen molar-refractivity contribution in [2.24, 2.45) is 0 Å². The maximum absolute atomic E-state index is 14.4. The zero-order valence-corrected chi connectivity index (χ0v) is 22.1. The second kappa shape index (κ2) is 13.2. The van der Waals surface area contributed by atoms with Gasteiger partial charge in [-0.3, -0.25) is 9.59 Å². The lowest BCUT2D eigenvalue weighted by molar-refractivity contribution is -0.140. The van der Waals surface area contributed by atoms with E-state index in [2.05, 4.69) is 11.8 Å². The highest BCUT2D eigenvalue weighted by Crippen LogP contribution is 2.40. The molecule has 8 heteroatoms. The predicted octanol–water partition coefficient (Wildman–Crippen LogP) is 5.17. The van der Waals surface area contributed by atoms with Crippen LogP contribution in [0.25, 0.3) is 5.76 Å². The first-order chi connectivity index (χ1) is 17.9. The number of rotatable bonds is 13. The van der Waals surface area contributed by atoms with Crippen molar-refractivity contribution >= 4 is 17.4 Å². The molecule has 0 bridgehead atoms. The Labute approximate surface area is 218 Å². The van der Waals surface area contributed by atoms with E-state index in [0.717, 1.165) is 38.4 Å². The number of halogens is 1. The number of methoxy groups -OCH3 is 1. The van der Waals surface area contributed by atoms with E-state index in [1.54, 1.807) is 24.3 Å². The average molecular weight is 513 g/mol. The number of hydrogen-bond acceptors (Lipinski definition) is 6. The number of carbonyl (C=O) groups is 2. The van der Waals surface area contributed by atoms with Gasteiger partial charge in [0.25, 0.3) is 11.7 Å². The molecule has 2 aromatic rings. The van der Waals surface area contributed by atoms with Gasteiger partial charge in [0.05, 0.1) is 25.3 Å². The summed E-state index contributed by atoms with van der Waals surface area (Å²) in [4.78, 5) is 30.0. The molecule has 0 aliphatic carbocycles. The van der Waals surface area contributed by atoms with Crippen molar-refractivity contribution in [1.82, 2.24) is 9.80 Å². The SMILES string of the molecule is CCCCCOc1ccc([C@H]2C(=C(O)c3ccc(OC)c(F)c3)C(=O)C(=O)N2CCN(CC)CC)cc1. The highest BCUT2D eigenvalue weighted by Gasteiger charge is 2.46. The fourth-order valence-corrected chi connectivity index (χ4v) is 4.50. The van der Waals surface area contributed by atoms with Gasteiger partial charge in [0.2, 0.25) is 0 Å². The molecule has 3 rings (SSSR count). The van der Waals surface area contributed by atoms with Crippen molar-refractivity contribution in [1.29, 1.82) is 0 Å². The third-order valence-electron chi connectivity index (χ3n) is 6.73. The van der Waals surface area contributed by atoms with Gasteiger partial charge in [-0.1, -0.05) is 45.7 Å². The van der Waals surface area contributed by atoms with E-state index in [0.29, 0.717) is 31.0 Å². The second-order valence-electron chi connectivity index (χ2n) is 8.99. The highest BCUT2D eigenvalue weighted by molar-refractivity contribution is 6.46. The molecule has 0 aromatic heterocycles. The minimum atomic E-state index is -0.810. The summed E-state index contributed by atoms with van der Waals surface area (Å²) in [6, 6.07) is 10.3. The van der Waals surface area contributed by atoms with Gasteiger partial charge in [-0.25, -0.2) is 4.39 Å². The van der Waals surface area contributed by atoms with E-state index in [1.165, 1.54) is 24.1 Å². The van der Waals surface area contributed by atoms with Crippen LogP contribution in [0.15, 0.2) is 48.0 Å².